The van der Waals surface area contributed by atoms with Crippen LogP contribution >= 0.6 is 0 Å². The van der Waals surface area contributed by atoms with Gasteiger partial charge in [-0.15, -0.1) is 0 Å². The van der Waals surface area contributed by atoms with E-state index in [0.29, 0.717) is 0 Å². The molecule has 9 aromatic rings. The molecule has 0 spiro atoms. The third kappa shape index (κ3) is 3.79. The van der Waals surface area contributed by atoms with E-state index in [-0.39, 0.29) is 5.41 Å². The summed E-state index contributed by atoms with van der Waals surface area (Å²) >= 11 is 0. The van der Waals surface area contributed by atoms with Crippen molar-refractivity contribution in [3.63, 3.8) is 0 Å². The van der Waals surface area contributed by atoms with Gasteiger partial charge in [0.15, 0.2) is 0 Å². The highest BCUT2D eigenvalue weighted by atomic mass is 14.8. The third-order valence-corrected chi connectivity index (χ3v) is 10.4. The summed E-state index contributed by atoms with van der Waals surface area (Å²) in [4.78, 5) is 10.6. The number of hydrogen-bond acceptors (Lipinski definition) is 2. The predicted molar refractivity (Wildman–Crippen MR) is 198 cm³/mol. The van der Waals surface area contributed by atoms with Crippen LogP contribution < -0.4 is 0 Å². The van der Waals surface area contributed by atoms with Crippen molar-refractivity contribution < 1.29 is 0 Å². The number of para-hydroxylation sites is 2. The van der Waals surface area contributed by atoms with Crippen LogP contribution in [0, 0.1) is 0 Å². The second-order valence-corrected chi connectivity index (χ2v) is 13.4. The largest absolute Gasteiger partial charge is 0.244 e. The Hall–Kier alpha value is -5.86. The van der Waals surface area contributed by atoms with Gasteiger partial charge < -0.3 is 0 Å². The van der Waals surface area contributed by atoms with E-state index in [2.05, 4.69) is 147 Å². The van der Waals surface area contributed by atoms with Crippen LogP contribution in [-0.4, -0.2) is 9.97 Å². The minimum Gasteiger partial charge on any atom is -0.244 e. The van der Waals surface area contributed by atoms with Crippen molar-refractivity contribution in [3.05, 3.63) is 157 Å². The molecule has 0 N–H and O–H groups in total. The summed E-state index contributed by atoms with van der Waals surface area (Å²) in [5.74, 6) is 0. The first-order valence-electron chi connectivity index (χ1n) is 16.3. The summed E-state index contributed by atoms with van der Waals surface area (Å²) in [6.45, 7) is 4.70. The summed E-state index contributed by atoms with van der Waals surface area (Å²) < 4.78 is 0. The standard InChI is InChI=1S/C45H30N2/c1-45(2)39-26-30(20-22-36(39)38-23-27-11-3-4-12-28(27)25-40(38)45)44-43(46-41-17-9-10-18-42(41)47-44)29-19-21-35-33-15-6-5-13-31(33)32-14-7-8-16-34(32)37(35)24-29/h3-26H,1-2H3. The van der Waals surface area contributed by atoms with Crippen LogP contribution in [-0.2, 0) is 5.41 Å². The summed E-state index contributed by atoms with van der Waals surface area (Å²) in [6, 6.07) is 52.8. The molecule has 2 heteroatoms. The van der Waals surface area contributed by atoms with Crippen molar-refractivity contribution in [1.82, 2.24) is 9.97 Å². The maximum absolute atomic E-state index is 5.32. The average Bonchev–Trinajstić information content (AvgIpc) is 3.34. The van der Waals surface area contributed by atoms with Gasteiger partial charge in [0.25, 0.3) is 0 Å². The monoisotopic (exact) mass is 598 g/mol. The highest BCUT2D eigenvalue weighted by Crippen LogP contribution is 2.51. The number of benzene rings is 8. The van der Waals surface area contributed by atoms with Gasteiger partial charge in [-0.25, -0.2) is 9.97 Å². The molecule has 0 unspecified atom stereocenters. The molecule has 1 aliphatic rings. The van der Waals surface area contributed by atoms with Gasteiger partial charge in [0, 0.05) is 16.5 Å². The third-order valence-electron chi connectivity index (χ3n) is 10.4. The Labute approximate surface area is 273 Å². The molecule has 0 amide bonds. The van der Waals surface area contributed by atoms with Crippen LogP contribution in [0.2, 0.25) is 0 Å². The first-order chi connectivity index (χ1) is 23.0. The fourth-order valence-electron chi connectivity index (χ4n) is 8.03. The average molecular weight is 599 g/mol. The van der Waals surface area contributed by atoms with Gasteiger partial charge in [-0.05, 0) is 102 Å². The normalized spacial score (nSPS) is 13.5. The number of nitrogens with zero attached hydrogens (tertiary/aromatic N) is 2. The maximum atomic E-state index is 5.32. The van der Waals surface area contributed by atoms with Crippen molar-refractivity contribution in [3.8, 4) is 33.6 Å². The molecule has 1 heterocycles. The molecular weight excluding hydrogens is 569 g/mol. The van der Waals surface area contributed by atoms with Crippen LogP contribution in [0.4, 0.5) is 0 Å². The zero-order chi connectivity index (χ0) is 31.3. The first-order valence-corrected chi connectivity index (χ1v) is 16.3. The van der Waals surface area contributed by atoms with E-state index < -0.39 is 0 Å². The van der Waals surface area contributed by atoms with Crippen LogP contribution in [0.1, 0.15) is 25.0 Å². The molecule has 8 aromatic carbocycles. The minimum absolute atomic E-state index is 0.141. The van der Waals surface area contributed by atoms with E-state index in [1.54, 1.807) is 0 Å². The molecule has 0 bridgehead atoms. The molecule has 0 saturated carbocycles. The smallest absolute Gasteiger partial charge is 0.0973 e. The van der Waals surface area contributed by atoms with E-state index in [0.717, 1.165) is 33.5 Å². The molecule has 0 atom stereocenters. The highest BCUT2D eigenvalue weighted by Gasteiger charge is 2.36. The molecule has 0 radical (unpaired) electrons. The Balaban J connectivity index is 1.22. The zero-order valence-electron chi connectivity index (χ0n) is 26.3. The van der Waals surface area contributed by atoms with Crippen LogP contribution in [0.5, 0.6) is 0 Å². The lowest BCUT2D eigenvalue weighted by atomic mass is 9.81. The van der Waals surface area contributed by atoms with Gasteiger partial charge in [0.1, 0.15) is 0 Å². The second kappa shape index (κ2) is 9.57. The number of hydrogen-bond donors (Lipinski definition) is 0. The van der Waals surface area contributed by atoms with E-state index in [1.807, 2.05) is 12.1 Å². The number of fused-ring (bicyclic) bond motifs is 11. The molecule has 10 rings (SSSR count). The number of aromatic nitrogens is 2. The first kappa shape index (κ1) is 26.4. The fourth-order valence-corrected chi connectivity index (χ4v) is 8.03. The zero-order valence-corrected chi connectivity index (χ0v) is 26.3. The second-order valence-electron chi connectivity index (χ2n) is 13.4. The SMILES string of the molecule is CC1(C)c2cc(-c3nc4ccccc4nc3-c3ccc4c5ccccc5c5ccccc5c4c3)ccc2-c2cc3ccccc3cc21. The van der Waals surface area contributed by atoms with Gasteiger partial charge in [-0.2, -0.15) is 0 Å². The molecule has 0 fully saturated rings. The Morgan fingerprint density at radius 1 is 0.383 bits per heavy atom. The summed E-state index contributed by atoms with van der Waals surface area (Å²) in [5.41, 5.74) is 11.0. The minimum atomic E-state index is -0.141. The molecule has 2 nitrogen and oxygen atoms in total. The van der Waals surface area contributed by atoms with Crippen LogP contribution in [0.3, 0.4) is 0 Å². The van der Waals surface area contributed by atoms with Crippen LogP contribution in [0.25, 0.3) is 87.8 Å². The van der Waals surface area contributed by atoms with Gasteiger partial charge in [-0.1, -0.05) is 123 Å². The van der Waals surface area contributed by atoms with E-state index >= 15 is 0 Å². The van der Waals surface area contributed by atoms with E-state index in [4.69, 9.17) is 9.97 Å². The van der Waals surface area contributed by atoms with Crippen molar-refractivity contribution in [2.75, 3.05) is 0 Å². The Bertz CT molecular complexity index is 2740. The topological polar surface area (TPSA) is 25.8 Å². The molecule has 47 heavy (non-hydrogen) atoms. The lowest BCUT2D eigenvalue weighted by molar-refractivity contribution is 0.661. The molecule has 0 saturated heterocycles. The Morgan fingerprint density at radius 3 is 1.49 bits per heavy atom. The van der Waals surface area contributed by atoms with Crippen LogP contribution in [0.15, 0.2) is 146 Å². The molecule has 220 valence electrons. The van der Waals surface area contributed by atoms with Crippen molar-refractivity contribution >= 4 is 54.1 Å². The van der Waals surface area contributed by atoms with Crippen molar-refractivity contribution in [1.29, 1.82) is 0 Å². The van der Waals surface area contributed by atoms with Gasteiger partial charge in [-0.3, -0.25) is 0 Å². The Morgan fingerprint density at radius 2 is 0.851 bits per heavy atom. The van der Waals surface area contributed by atoms with Gasteiger partial charge >= 0.3 is 0 Å². The van der Waals surface area contributed by atoms with Gasteiger partial charge in [0.05, 0.1) is 22.4 Å². The summed E-state index contributed by atoms with van der Waals surface area (Å²) in [5, 5.41) is 10.1. The summed E-state index contributed by atoms with van der Waals surface area (Å²) in [7, 11) is 0. The summed E-state index contributed by atoms with van der Waals surface area (Å²) in [6.07, 6.45) is 0. The lowest BCUT2D eigenvalue weighted by Gasteiger charge is -2.22. The quantitative estimate of drug-likeness (QED) is 0.185. The van der Waals surface area contributed by atoms with E-state index in [9.17, 15) is 0 Å². The van der Waals surface area contributed by atoms with Crippen molar-refractivity contribution in [2.45, 2.75) is 19.3 Å². The maximum Gasteiger partial charge on any atom is 0.0973 e. The predicted octanol–water partition coefficient (Wildman–Crippen LogP) is 11.9. The van der Waals surface area contributed by atoms with Crippen molar-refractivity contribution in [2.24, 2.45) is 0 Å². The fraction of sp³-hybridized carbons (Fsp3) is 0.0667. The van der Waals surface area contributed by atoms with E-state index in [1.165, 1.54) is 65.3 Å². The number of rotatable bonds is 2. The molecule has 1 aromatic heterocycles. The lowest BCUT2D eigenvalue weighted by Crippen LogP contribution is -2.15. The molecule has 1 aliphatic carbocycles. The molecule has 0 aliphatic heterocycles. The highest BCUT2D eigenvalue weighted by molar-refractivity contribution is 6.25. The van der Waals surface area contributed by atoms with Gasteiger partial charge in [0.2, 0.25) is 0 Å². The molecular formula is C45H30N2. The Kier molecular flexibility index (Phi) is 5.37.